The van der Waals surface area contributed by atoms with Crippen molar-refractivity contribution in [2.45, 2.75) is 13.8 Å². The van der Waals surface area contributed by atoms with Gasteiger partial charge in [0.15, 0.2) is 17.3 Å². The number of hydrogen-bond acceptors (Lipinski definition) is 5. The molecule has 2 aromatic rings. The van der Waals surface area contributed by atoms with Gasteiger partial charge in [0.2, 0.25) is 0 Å². The zero-order valence-electron chi connectivity index (χ0n) is 13.7. The molecular formula is C19H20O5. The first-order chi connectivity index (χ1) is 11.5. The maximum Gasteiger partial charge on any atom is 0.189 e. The molecule has 0 bridgehead atoms. The fourth-order valence-corrected chi connectivity index (χ4v) is 2.14. The van der Waals surface area contributed by atoms with Crippen LogP contribution in [0.25, 0.3) is 6.08 Å². The summed E-state index contributed by atoms with van der Waals surface area (Å²) in [4.78, 5) is 12.4. The molecule has 0 atom stereocenters. The standard InChI is InChI=1S/C19H20O5/c1-3-23-14-7-8-15(19(12-14)24-4-2)16(20)9-5-13-6-10-17(21)18(22)11-13/h5-12,21-22H,3-4H2,1-2H3/b9-5+. The first-order valence-electron chi connectivity index (χ1n) is 7.69. The van der Waals surface area contributed by atoms with Crippen molar-refractivity contribution in [3.05, 3.63) is 53.6 Å². The Morgan fingerprint density at radius 2 is 1.75 bits per heavy atom. The molecule has 0 aliphatic carbocycles. The number of allylic oxidation sites excluding steroid dienone is 1. The molecule has 24 heavy (non-hydrogen) atoms. The molecule has 2 rings (SSSR count). The smallest absolute Gasteiger partial charge is 0.189 e. The van der Waals surface area contributed by atoms with E-state index in [1.165, 1.54) is 18.2 Å². The molecule has 2 N–H and O–H groups in total. The van der Waals surface area contributed by atoms with Gasteiger partial charge in [-0.1, -0.05) is 12.1 Å². The molecule has 5 heteroatoms. The van der Waals surface area contributed by atoms with E-state index in [2.05, 4.69) is 0 Å². The molecule has 0 spiro atoms. The van der Waals surface area contributed by atoms with Crippen molar-refractivity contribution in [2.24, 2.45) is 0 Å². The van der Waals surface area contributed by atoms with Crippen molar-refractivity contribution in [1.82, 2.24) is 0 Å². The van der Waals surface area contributed by atoms with Crippen molar-refractivity contribution in [3.8, 4) is 23.0 Å². The number of phenolic OH excluding ortho intramolecular Hbond substituents is 2. The van der Waals surface area contributed by atoms with Crippen LogP contribution in [-0.2, 0) is 0 Å². The van der Waals surface area contributed by atoms with E-state index in [9.17, 15) is 15.0 Å². The second-order valence-corrected chi connectivity index (χ2v) is 4.97. The molecule has 0 saturated carbocycles. The average Bonchev–Trinajstić information content (AvgIpc) is 2.56. The molecule has 2 aromatic carbocycles. The highest BCUT2D eigenvalue weighted by molar-refractivity contribution is 6.08. The molecule has 0 saturated heterocycles. The fraction of sp³-hybridized carbons (Fsp3) is 0.211. The lowest BCUT2D eigenvalue weighted by Crippen LogP contribution is -2.02. The van der Waals surface area contributed by atoms with Crippen LogP contribution in [0.3, 0.4) is 0 Å². The lowest BCUT2D eigenvalue weighted by atomic mass is 10.1. The minimum absolute atomic E-state index is 0.205. The molecule has 0 aliphatic rings. The van der Waals surface area contributed by atoms with Crippen LogP contribution in [0.15, 0.2) is 42.5 Å². The fourth-order valence-electron chi connectivity index (χ4n) is 2.14. The van der Waals surface area contributed by atoms with E-state index in [1.807, 2.05) is 13.8 Å². The molecule has 0 unspecified atom stereocenters. The summed E-state index contributed by atoms with van der Waals surface area (Å²) in [6.07, 6.45) is 2.96. The summed E-state index contributed by atoms with van der Waals surface area (Å²) in [5.41, 5.74) is 1.03. The van der Waals surface area contributed by atoms with E-state index in [-0.39, 0.29) is 17.3 Å². The Morgan fingerprint density at radius 3 is 2.42 bits per heavy atom. The Balaban J connectivity index is 2.24. The van der Waals surface area contributed by atoms with Gasteiger partial charge in [0.25, 0.3) is 0 Å². The number of carbonyl (C=O) groups is 1. The number of benzene rings is 2. The Hall–Kier alpha value is -2.95. The van der Waals surface area contributed by atoms with E-state index in [0.717, 1.165) is 0 Å². The van der Waals surface area contributed by atoms with Gasteiger partial charge in [0.1, 0.15) is 11.5 Å². The second kappa shape index (κ2) is 8.06. The summed E-state index contributed by atoms with van der Waals surface area (Å²) in [5.74, 6) is 0.440. The molecule has 0 aliphatic heterocycles. The van der Waals surface area contributed by atoms with Crippen LogP contribution in [0.4, 0.5) is 0 Å². The third-order valence-electron chi connectivity index (χ3n) is 3.26. The summed E-state index contributed by atoms with van der Waals surface area (Å²) in [7, 11) is 0. The van der Waals surface area contributed by atoms with Crippen molar-refractivity contribution in [3.63, 3.8) is 0 Å². The van der Waals surface area contributed by atoms with Gasteiger partial charge < -0.3 is 19.7 Å². The minimum atomic E-state index is -0.235. The number of rotatable bonds is 7. The summed E-state index contributed by atoms with van der Waals surface area (Å²) < 4.78 is 10.9. The van der Waals surface area contributed by atoms with Crippen LogP contribution in [0, 0.1) is 0 Å². The Bertz CT molecular complexity index is 749. The van der Waals surface area contributed by atoms with Crippen LogP contribution >= 0.6 is 0 Å². The van der Waals surface area contributed by atoms with Gasteiger partial charge in [-0.2, -0.15) is 0 Å². The zero-order chi connectivity index (χ0) is 17.5. The summed E-state index contributed by atoms with van der Waals surface area (Å²) in [5, 5.41) is 18.8. The first-order valence-corrected chi connectivity index (χ1v) is 7.69. The molecular weight excluding hydrogens is 308 g/mol. The molecule has 5 nitrogen and oxygen atoms in total. The van der Waals surface area contributed by atoms with Crippen molar-refractivity contribution in [2.75, 3.05) is 13.2 Å². The Morgan fingerprint density at radius 1 is 1.00 bits per heavy atom. The average molecular weight is 328 g/mol. The Labute approximate surface area is 140 Å². The van der Waals surface area contributed by atoms with Crippen molar-refractivity contribution >= 4 is 11.9 Å². The molecule has 0 amide bonds. The maximum absolute atomic E-state index is 12.4. The molecule has 0 aromatic heterocycles. The monoisotopic (exact) mass is 328 g/mol. The number of phenols is 2. The molecule has 0 fully saturated rings. The van der Waals surface area contributed by atoms with Crippen molar-refractivity contribution in [1.29, 1.82) is 0 Å². The van der Waals surface area contributed by atoms with Gasteiger partial charge in [-0.15, -0.1) is 0 Å². The van der Waals surface area contributed by atoms with Gasteiger partial charge in [0.05, 0.1) is 18.8 Å². The third-order valence-corrected chi connectivity index (χ3v) is 3.26. The summed E-state index contributed by atoms with van der Waals surface area (Å²) in [6.45, 7) is 4.69. The van der Waals surface area contributed by atoms with Gasteiger partial charge in [-0.05, 0) is 49.8 Å². The van der Waals surface area contributed by atoms with Gasteiger partial charge in [-0.25, -0.2) is 0 Å². The van der Waals surface area contributed by atoms with E-state index in [1.54, 1.807) is 30.3 Å². The molecule has 0 radical (unpaired) electrons. The number of ketones is 1. The second-order valence-electron chi connectivity index (χ2n) is 4.97. The molecule has 0 heterocycles. The molecule has 126 valence electrons. The normalized spacial score (nSPS) is 10.8. The number of carbonyl (C=O) groups excluding carboxylic acids is 1. The number of hydrogen-bond donors (Lipinski definition) is 2. The lowest BCUT2D eigenvalue weighted by molar-refractivity contribution is 0.104. The van der Waals surface area contributed by atoms with E-state index in [0.29, 0.717) is 35.8 Å². The largest absolute Gasteiger partial charge is 0.504 e. The Kier molecular flexibility index (Phi) is 5.84. The van der Waals surface area contributed by atoms with E-state index >= 15 is 0 Å². The topological polar surface area (TPSA) is 76.0 Å². The number of ether oxygens (including phenoxy) is 2. The van der Waals surface area contributed by atoms with Crippen LogP contribution in [-0.4, -0.2) is 29.2 Å². The highest BCUT2D eigenvalue weighted by Gasteiger charge is 2.11. The van der Waals surface area contributed by atoms with Crippen LogP contribution in [0.2, 0.25) is 0 Å². The van der Waals surface area contributed by atoms with Gasteiger partial charge >= 0.3 is 0 Å². The highest BCUT2D eigenvalue weighted by Crippen LogP contribution is 2.27. The summed E-state index contributed by atoms with van der Waals surface area (Å²) in [6, 6.07) is 9.42. The summed E-state index contributed by atoms with van der Waals surface area (Å²) >= 11 is 0. The van der Waals surface area contributed by atoms with Crippen molar-refractivity contribution < 1.29 is 24.5 Å². The van der Waals surface area contributed by atoms with Gasteiger partial charge in [0, 0.05) is 6.07 Å². The van der Waals surface area contributed by atoms with Crippen LogP contribution < -0.4 is 9.47 Å². The lowest BCUT2D eigenvalue weighted by Gasteiger charge is -2.10. The van der Waals surface area contributed by atoms with Crippen LogP contribution in [0.5, 0.6) is 23.0 Å². The predicted octanol–water partition coefficient (Wildman–Crippen LogP) is 3.79. The number of aromatic hydroxyl groups is 2. The van der Waals surface area contributed by atoms with Gasteiger partial charge in [-0.3, -0.25) is 4.79 Å². The van der Waals surface area contributed by atoms with E-state index in [4.69, 9.17) is 9.47 Å². The van der Waals surface area contributed by atoms with Crippen LogP contribution in [0.1, 0.15) is 29.8 Å². The predicted molar refractivity (Wildman–Crippen MR) is 91.9 cm³/mol. The third kappa shape index (κ3) is 4.29. The quantitative estimate of drug-likeness (QED) is 0.459. The SMILES string of the molecule is CCOc1ccc(C(=O)/C=C/c2ccc(O)c(O)c2)c(OCC)c1. The maximum atomic E-state index is 12.4. The minimum Gasteiger partial charge on any atom is -0.504 e. The zero-order valence-corrected chi connectivity index (χ0v) is 13.7. The van der Waals surface area contributed by atoms with E-state index < -0.39 is 0 Å². The highest BCUT2D eigenvalue weighted by atomic mass is 16.5. The first kappa shape index (κ1) is 17.4.